The highest BCUT2D eigenvalue weighted by atomic mass is 16.7. The molecule has 11 heteroatoms. The molecule has 1 rings (SSSR count). The summed E-state index contributed by atoms with van der Waals surface area (Å²) in [6.07, 6.45) is -4.39. The zero-order chi connectivity index (χ0) is 22.4. The van der Waals surface area contributed by atoms with Gasteiger partial charge in [-0.25, -0.2) is 9.59 Å². The largest absolute Gasteiger partial charge is 0.465 e. The number of amides is 1. The van der Waals surface area contributed by atoms with E-state index in [1.54, 1.807) is 20.8 Å². The number of aliphatic hydroxyl groups is 3. The molecule has 0 saturated carbocycles. The third-order valence-corrected chi connectivity index (χ3v) is 4.21. The molecule has 0 bridgehead atoms. The minimum Gasteiger partial charge on any atom is -0.465 e. The topological polar surface area (TPSA) is 170 Å². The van der Waals surface area contributed by atoms with E-state index in [-0.39, 0.29) is 13.0 Å². The third kappa shape index (κ3) is 6.63. The van der Waals surface area contributed by atoms with Gasteiger partial charge in [-0.3, -0.25) is 0 Å². The van der Waals surface area contributed by atoms with Gasteiger partial charge in [-0.1, -0.05) is 6.08 Å². The first-order chi connectivity index (χ1) is 13.4. The van der Waals surface area contributed by atoms with Gasteiger partial charge in [-0.2, -0.15) is 0 Å². The van der Waals surface area contributed by atoms with Gasteiger partial charge in [-0.05, 0) is 20.8 Å². The number of esters is 1. The molecule has 0 aromatic rings. The van der Waals surface area contributed by atoms with Gasteiger partial charge in [0.05, 0.1) is 32.4 Å². The molecule has 6 N–H and O–H groups in total. The number of rotatable bonds is 8. The Hall–Kier alpha value is -1.76. The number of ether oxygens (including phenoxy) is 4. The summed E-state index contributed by atoms with van der Waals surface area (Å²) in [5, 5.41) is 31.9. The summed E-state index contributed by atoms with van der Waals surface area (Å²) in [5.74, 6) is -2.97. The van der Waals surface area contributed by atoms with Crippen molar-refractivity contribution in [2.24, 2.45) is 5.73 Å². The first-order valence-electron chi connectivity index (χ1n) is 9.14. The Kier molecular flexibility index (Phi) is 9.00. The summed E-state index contributed by atoms with van der Waals surface area (Å²) in [7, 11) is 1.11. The Morgan fingerprint density at radius 3 is 2.52 bits per heavy atom. The molecule has 1 fully saturated rings. The van der Waals surface area contributed by atoms with E-state index >= 15 is 0 Å². The fourth-order valence-electron chi connectivity index (χ4n) is 2.86. The van der Waals surface area contributed by atoms with Crippen LogP contribution in [0.2, 0.25) is 0 Å². The number of aliphatic hydroxyl groups excluding tert-OH is 3. The van der Waals surface area contributed by atoms with Crippen LogP contribution in [-0.4, -0.2) is 89.5 Å². The summed E-state index contributed by atoms with van der Waals surface area (Å²) < 4.78 is 21.2. The Balaban J connectivity index is 3.25. The van der Waals surface area contributed by atoms with Crippen molar-refractivity contribution < 1.29 is 43.9 Å². The van der Waals surface area contributed by atoms with E-state index in [0.717, 1.165) is 7.11 Å². The Bertz CT molecular complexity index is 580. The maximum absolute atomic E-state index is 12.5. The molecule has 1 saturated heterocycles. The number of alkyl carbamates (subject to hydrolysis) is 1. The van der Waals surface area contributed by atoms with E-state index in [1.165, 1.54) is 6.08 Å². The van der Waals surface area contributed by atoms with E-state index in [2.05, 4.69) is 11.9 Å². The van der Waals surface area contributed by atoms with Gasteiger partial charge in [0.15, 0.2) is 0 Å². The molecule has 6 atom stereocenters. The quantitative estimate of drug-likeness (QED) is 0.237. The van der Waals surface area contributed by atoms with Crippen molar-refractivity contribution in [3.05, 3.63) is 12.7 Å². The van der Waals surface area contributed by atoms with Crippen molar-refractivity contribution in [1.82, 2.24) is 5.32 Å². The van der Waals surface area contributed by atoms with Gasteiger partial charge in [0.1, 0.15) is 23.9 Å². The van der Waals surface area contributed by atoms with Crippen LogP contribution >= 0.6 is 0 Å². The Labute approximate surface area is 169 Å². The average Bonchev–Trinajstić information content (AvgIpc) is 2.65. The number of methoxy groups -OCH3 is 1. The summed E-state index contributed by atoms with van der Waals surface area (Å²) in [6.45, 7) is 7.63. The number of carbonyl (C=O) groups is 2. The number of nitrogens with one attached hydrogen (secondary N) is 1. The van der Waals surface area contributed by atoms with E-state index in [9.17, 15) is 19.8 Å². The number of hydrogen-bond donors (Lipinski definition) is 5. The maximum atomic E-state index is 12.5. The minimum absolute atomic E-state index is 0.116. The Morgan fingerprint density at radius 1 is 1.41 bits per heavy atom. The molecule has 0 spiro atoms. The molecular weight excluding hydrogens is 388 g/mol. The lowest BCUT2D eigenvalue weighted by molar-refractivity contribution is -0.297. The van der Waals surface area contributed by atoms with Crippen molar-refractivity contribution in [1.29, 1.82) is 0 Å². The van der Waals surface area contributed by atoms with Crippen LogP contribution in [0.1, 0.15) is 27.2 Å². The summed E-state index contributed by atoms with van der Waals surface area (Å²) in [4.78, 5) is 24.7. The second kappa shape index (κ2) is 10.3. The molecule has 1 unspecified atom stereocenters. The normalized spacial score (nSPS) is 29.4. The molecule has 168 valence electrons. The van der Waals surface area contributed by atoms with Crippen LogP contribution < -0.4 is 11.1 Å². The number of nitrogens with two attached hydrogens (primary N) is 1. The molecule has 0 radical (unpaired) electrons. The van der Waals surface area contributed by atoms with E-state index in [0.29, 0.717) is 0 Å². The van der Waals surface area contributed by atoms with Gasteiger partial charge in [0.2, 0.25) is 0 Å². The molecule has 1 amide bonds. The standard InChI is InChI=1S/C18H32N2O9/c1-6-7-27-18(15(24)26-5)8-10(20-16(25)29-17(2,3)4)12(19)14(28-18)13(23)11(22)9-21/h6,10-14,21-23H,1,7-9,19H2,2-5H3,(H,20,25)/t10-,11-,12-,13-,14?,18-/m1/s1. The first-order valence-corrected chi connectivity index (χ1v) is 9.14. The lowest BCUT2D eigenvalue weighted by Crippen LogP contribution is -2.69. The summed E-state index contributed by atoms with van der Waals surface area (Å²) in [6, 6.07) is -2.04. The highest BCUT2D eigenvalue weighted by Gasteiger charge is 2.55. The average molecular weight is 420 g/mol. The molecule has 1 heterocycles. The van der Waals surface area contributed by atoms with Crippen molar-refractivity contribution in [2.45, 2.75) is 69.0 Å². The lowest BCUT2D eigenvalue weighted by atomic mass is 9.87. The number of carbonyl (C=O) groups excluding carboxylic acids is 2. The summed E-state index contributed by atoms with van der Waals surface area (Å²) >= 11 is 0. The molecule has 0 aliphatic carbocycles. The van der Waals surface area contributed by atoms with Crippen LogP contribution in [-0.2, 0) is 23.7 Å². The van der Waals surface area contributed by atoms with Crippen molar-refractivity contribution >= 4 is 12.1 Å². The molecule has 11 nitrogen and oxygen atoms in total. The molecule has 1 aliphatic rings. The van der Waals surface area contributed by atoms with Gasteiger partial charge in [0.25, 0.3) is 5.79 Å². The van der Waals surface area contributed by atoms with Crippen LogP contribution in [0.3, 0.4) is 0 Å². The van der Waals surface area contributed by atoms with Crippen LogP contribution in [0.4, 0.5) is 4.79 Å². The van der Waals surface area contributed by atoms with E-state index in [1.807, 2.05) is 0 Å². The maximum Gasteiger partial charge on any atom is 0.407 e. The highest BCUT2D eigenvalue weighted by molar-refractivity contribution is 5.78. The molecule has 29 heavy (non-hydrogen) atoms. The summed E-state index contributed by atoms with van der Waals surface area (Å²) in [5.41, 5.74) is 5.36. The van der Waals surface area contributed by atoms with Crippen LogP contribution in [0.5, 0.6) is 0 Å². The molecule has 0 aromatic carbocycles. The smallest absolute Gasteiger partial charge is 0.407 e. The monoisotopic (exact) mass is 420 g/mol. The van der Waals surface area contributed by atoms with Crippen LogP contribution in [0.25, 0.3) is 0 Å². The molecule has 1 aliphatic heterocycles. The van der Waals surface area contributed by atoms with Gasteiger partial charge >= 0.3 is 12.1 Å². The van der Waals surface area contributed by atoms with Gasteiger partial charge in [-0.15, -0.1) is 6.58 Å². The third-order valence-electron chi connectivity index (χ3n) is 4.21. The predicted molar refractivity (Wildman–Crippen MR) is 101 cm³/mol. The van der Waals surface area contributed by atoms with Gasteiger partial charge in [0, 0.05) is 6.42 Å². The lowest BCUT2D eigenvalue weighted by Gasteiger charge is -2.47. The van der Waals surface area contributed by atoms with Crippen molar-refractivity contribution in [3.8, 4) is 0 Å². The van der Waals surface area contributed by atoms with Crippen LogP contribution in [0, 0.1) is 0 Å². The molecular formula is C18H32N2O9. The zero-order valence-corrected chi connectivity index (χ0v) is 17.2. The van der Waals surface area contributed by atoms with E-state index in [4.69, 9.17) is 29.8 Å². The van der Waals surface area contributed by atoms with Gasteiger partial charge < -0.3 is 45.3 Å². The van der Waals surface area contributed by atoms with Crippen molar-refractivity contribution in [2.75, 3.05) is 20.3 Å². The molecule has 0 aromatic heterocycles. The van der Waals surface area contributed by atoms with Crippen LogP contribution in [0.15, 0.2) is 12.7 Å². The fourth-order valence-corrected chi connectivity index (χ4v) is 2.86. The van der Waals surface area contributed by atoms with E-state index < -0.39 is 60.5 Å². The van der Waals surface area contributed by atoms with Crippen molar-refractivity contribution in [3.63, 3.8) is 0 Å². The first kappa shape index (κ1) is 25.3. The fraction of sp³-hybridized carbons (Fsp3) is 0.778. The zero-order valence-electron chi connectivity index (χ0n) is 17.2. The SMILES string of the molecule is C=CCO[C@]1(C(=O)OC)C[C@@H](NC(=O)OC(C)(C)C)[C@@H](N)C([C@H](O)[C@H](O)CO)O1. The highest BCUT2D eigenvalue weighted by Crippen LogP contribution is 2.33. The second-order valence-electron chi connectivity index (χ2n) is 7.70. The number of hydrogen-bond acceptors (Lipinski definition) is 10. The Morgan fingerprint density at radius 2 is 2.03 bits per heavy atom. The second-order valence-corrected chi connectivity index (χ2v) is 7.70. The minimum atomic E-state index is -2.04. The predicted octanol–water partition coefficient (Wildman–Crippen LogP) is -1.22.